The molecule has 0 saturated carbocycles. The van der Waals surface area contributed by atoms with Crippen molar-refractivity contribution in [2.75, 3.05) is 19.6 Å². The molecule has 6 nitrogen and oxygen atoms in total. The van der Waals surface area contributed by atoms with Gasteiger partial charge in [0, 0.05) is 32.1 Å². The van der Waals surface area contributed by atoms with Crippen LogP contribution in [0.25, 0.3) is 0 Å². The van der Waals surface area contributed by atoms with Gasteiger partial charge in [-0.25, -0.2) is 0 Å². The van der Waals surface area contributed by atoms with Crippen LogP contribution in [0.2, 0.25) is 0 Å². The summed E-state index contributed by atoms with van der Waals surface area (Å²) in [6.07, 6.45) is 2.38. The number of aromatic nitrogens is 1. The zero-order chi connectivity index (χ0) is 15.4. The predicted molar refractivity (Wildman–Crippen MR) is 77.7 cm³/mol. The third kappa shape index (κ3) is 4.06. The van der Waals surface area contributed by atoms with E-state index in [1.165, 1.54) is 6.92 Å². The van der Waals surface area contributed by atoms with Crippen LogP contribution in [0.3, 0.4) is 0 Å². The SMILES string of the molecule is CC(=O)NC[C@H]1CCCN(C(=O)Cc2c(C)noc2C)C1. The van der Waals surface area contributed by atoms with Crippen LogP contribution in [0.4, 0.5) is 0 Å². The first-order valence-electron chi connectivity index (χ1n) is 7.41. The Balaban J connectivity index is 1.91. The predicted octanol–water partition coefficient (Wildman–Crippen LogP) is 1.21. The molecular formula is C15H23N3O3. The summed E-state index contributed by atoms with van der Waals surface area (Å²) in [5, 5.41) is 6.72. The van der Waals surface area contributed by atoms with Gasteiger partial charge in [0.05, 0.1) is 12.1 Å². The third-order valence-corrected chi connectivity index (χ3v) is 4.02. The normalized spacial score (nSPS) is 18.6. The highest BCUT2D eigenvalue weighted by Gasteiger charge is 2.25. The summed E-state index contributed by atoms with van der Waals surface area (Å²) in [7, 11) is 0. The molecule has 6 heteroatoms. The van der Waals surface area contributed by atoms with Crippen LogP contribution in [0.15, 0.2) is 4.52 Å². The Hall–Kier alpha value is -1.85. The van der Waals surface area contributed by atoms with Gasteiger partial charge in [0.25, 0.3) is 0 Å². The van der Waals surface area contributed by atoms with Crippen LogP contribution in [-0.2, 0) is 16.0 Å². The van der Waals surface area contributed by atoms with Gasteiger partial charge in [-0.15, -0.1) is 0 Å². The van der Waals surface area contributed by atoms with E-state index in [1.807, 2.05) is 18.7 Å². The number of likely N-dealkylation sites (tertiary alicyclic amines) is 1. The maximum atomic E-state index is 12.4. The van der Waals surface area contributed by atoms with Crippen LogP contribution in [0.5, 0.6) is 0 Å². The minimum Gasteiger partial charge on any atom is -0.361 e. The Morgan fingerprint density at radius 2 is 2.19 bits per heavy atom. The summed E-state index contributed by atoms with van der Waals surface area (Å²) in [6.45, 7) is 7.35. The Bertz CT molecular complexity index is 505. The van der Waals surface area contributed by atoms with E-state index in [4.69, 9.17) is 4.52 Å². The van der Waals surface area contributed by atoms with Gasteiger partial charge in [-0.1, -0.05) is 5.16 Å². The van der Waals surface area contributed by atoms with Gasteiger partial charge >= 0.3 is 0 Å². The molecular weight excluding hydrogens is 270 g/mol. The quantitative estimate of drug-likeness (QED) is 0.905. The Morgan fingerprint density at radius 1 is 1.43 bits per heavy atom. The Kier molecular flexibility index (Phi) is 4.98. The lowest BCUT2D eigenvalue weighted by molar-refractivity contribution is -0.132. The lowest BCUT2D eigenvalue weighted by Crippen LogP contribution is -2.44. The molecule has 116 valence electrons. The van der Waals surface area contributed by atoms with Crippen molar-refractivity contribution < 1.29 is 14.1 Å². The molecule has 0 aromatic carbocycles. The van der Waals surface area contributed by atoms with Crippen LogP contribution < -0.4 is 5.32 Å². The summed E-state index contributed by atoms with van der Waals surface area (Å²) in [5.41, 5.74) is 1.68. The number of nitrogens with zero attached hydrogens (tertiary/aromatic N) is 2. The van der Waals surface area contributed by atoms with E-state index in [2.05, 4.69) is 10.5 Å². The summed E-state index contributed by atoms with van der Waals surface area (Å²) < 4.78 is 5.10. The summed E-state index contributed by atoms with van der Waals surface area (Å²) in [5.74, 6) is 1.15. The van der Waals surface area contributed by atoms with Crippen LogP contribution in [0.1, 0.15) is 36.8 Å². The van der Waals surface area contributed by atoms with Crippen molar-refractivity contribution in [2.24, 2.45) is 5.92 Å². The minimum atomic E-state index is -0.0193. The van der Waals surface area contributed by atoms with E-state index in [1.54, 1.807) is 0 Å². The molecule has 0 bridgehead atoms. The smallest absolute Gasteiger partial charge is 0.227 e. The van der Waals surface area contributed by atoms with E-state index in [0.717, 1.165) is 30.6 Å². The number of carbonyl (C=O) groups is 2. The molecule has 1 aliphatic rings. The number of rotatable bonds is 4. The number of amides is 2. The number of nitrogens with one attached hydrogen (secondary N) is 1. The molecule has 0 aliphatic carbocycles. The van der Waals surface area contributed by atoms with Crippen molar-refractivity contribution >= 4 is 11.8 Å². The number of piperidine rings is 1. The fourth-order valence-electron chi connectivity index (χ4n) is 2.76. The molecule has 1 atom stereocenters. The number of carbonyl (C=O) groups excluding carboxylic acids is 2. The zero-order valence-electron chi connectivity index (χ0n) is 12.9. The van der Waals surface area contributed by atoms with Crippen molar-refractivity contribution in [1.82, 2.24) is 15.4 Å². The molecule has 1 aromatic rings. The fraction of sp³-hybridized carbons (Fsp3) is 0.667. The molecule has 2 heterocycles. The van der Waals surface area contributed by atoms with Crippen molar-refractivity contribution in [1.29, 1.82) is 0 Å². The van der Waals surface area contributed by atoms with Crippen LogP contribution in [0, 0.1) is 19.8 Å². The highest BCUT2D eigenvalue weighted by atomic mass is 16.5. The van der Waals surface area contributed by atoms with Gasteiger partial charge < -0.3 is 14.7 Å². The highest BCUT2D eigenvalue weighted by molar-refractivity contribution is 5.79. The van der Waals surface area contributed by atoms with E-state index in [-0.39, 0.29) is 11.8 Å². The van der Waals surface area contributed by atoms with Gasteiger partial charge in [0.15, 0.2) is 0 Å². The molecule has 1 N–H and O–H groups in total. The molecule has 0 radical (unpaired) electrons. The molecule has 1 aliphatic heterocycles. The first-order valence-corrected chi connectivity index (χ1v) is 7.41. The fourth-order valence-corrected chi connectivity index (χ4v) is 2.76. The van der Waals surface area contributed by atoms with Gasteiger partial charge in [-0.05, 0) is 32.6 Å². The molecule has 0 unspecified atom stereocenters. The van der Waals surface area contributed by atoms with Crippen molar-refractivity contribution in [3.05, 3.63) is 17.0 Å². The lowest BCUT2D eigenvalue weighted by Gasteiger charge is -2.33. The summed E-state index contributed by atoms with van der Waals surface area (Å²) in [4.78, 5) is 25.3. The van der Waals surface area contributed by atoms with Crippen LogP contribution in [-0.4, -0.2) is 41.5 Å². The Labute approximate surface area is 124 Å². The highest BCUT2D eigenvalue weighted by Crippen LogP contribution is 2.19. The molecule has 2 amide bonds. The third-order valence-electron chi connectivity index (χ3n) is 4.02. The van der Waals surface area contributed by atoms with E-state index >= 15 is 0 Å². The van der Waals surface area contributed by atoms with Gasteiger partial charge in [0.1, 0.15) is 5.76 Å². The molecule has 21 heavy (non-hydrogen) atoms. The van der Waals surface area contributed by atoms with Gasteiger partial charge in [0.2, 0.25) is 11.8 Å². The van der Waals surface area contributed by atoms with E-state index in [0.29, 0.717) is 31.2 Å². The number of hydrogen-bond donors (Lipinski definition) is 1. The van der Waals surface area contributed by atoms with Crippen molar-refractivity contribution in [2.45, 2.75) is 40.0 Å². The molecule has 2 rings (SSSR count). The topological polar surface area (TPSA) is 75.4 Å². The van der Waals surface area contributed by atoms with Gasteiger partial charge in [-0.3, -0.25) is 9.59 Å². The van der Waals surface area contributed by atoms with Crippen LogP contribution >= 0.6 is 0 Å². The van der Waals surface area contributed by atoms with Crippen molar-refractivity contribution in [3.63, 3.8) is 0 Å². The summed E-state index contributed by atoms with van der Waals surface area (Å²) >= 11 is 0. The average molecular weight is 293 g/mol. The number of hydrogen-bond acceptors (Lipinski definition) is 4. The maximum Gasteiger partial charge on any atom is 0.227 e. The first kappa shape index (κ1) is 15.5. The maximum absolute atomic E-state index is 12.4. The van der Waals surface area contributed by atoms with Gasteiger partial charge in [-0.2, -0.15) is 0 Å². The standard InChI is InChI=1S/C15H23N3O3/c1-10-14(11(2)21-17-10)7-15(20)18-6-4-5-13(9-18)8-16-12(3)19/h13H,4-9H2,1-3H3,(H,16,19)/t13-/m1/s1. The van der Waals surface area contributed by atoms with Crippen molar-refractivity contribution in [3.8, 4) is 0 Å². The second-order valence-electron chi connectivity index (χ2n) is 5.76. The largest absolute Gasteiger partial charge is 0.361 e. The second-order valence-corrected chi connectivity index (χ2v) is 5.76. The molecule has 1 aromatic heterocycles. The first-order chi connectivity index (χ1) is 9.97. The number of aryl methyl sites for hydroxylation is 2. The monoisotopic (exact) mass is 293 g/mol. The Morgan fingerprint density at radius 3 is 2.81 bits per heavy atom. The average Bonchev–Trinajstić information content (AvgIpc) is 2.77. The van der Waals surface area contributed by atoms with E-state index < -0.39 is 0 Å². The lowest BCUT2D eigenvalue weighted by atomic mass is 9.97. The molecule has 1 fully saturated rings. The second kappa shape index (κ2) is 6.74. The zero-order valence-corrected chi connectivity index (χ0v) is 12.9. The summed E-state index contributed by atoms with van der Waals surface area (Å²) in [6, 6.07) is 0. The minimum absolute atomic E-state index is 0.0193. The van der Waals surface area contributed by atoms with E-state index in [9.17, 15) is 9.59 Å². The molecule has 0 spiro atoms. The molecule has 1 saturated heterocycles.